The summed E-state index contributed by atoms with van der Waals surface area (Å²) in [6.07, 6.45) is 3.40. The highest BCUT2D eigenvalue weighted by Gasteiger charge is 2.39. The van der Waals surface area contributed by atoms with Crippen molar-refractivity contribution in [3.63, 3.8) is 0 Å². The van der Waals surface area contributed by atoms with Gasteiger partial charge in [-0.05, 0) is 70.4 Å². The van der Waals surface area contributed by atoms with Gasteiger partial charge < -0.3 is 19.9 Å². The first kappa shape index (κ1) is 27.8. The smallest absolute Gasteiger partial charge is 0.339 e. The molecule has 1 aliphatic carbocycles. The molecule has 0 unspecified atom stereocenters. The molecule has 2 aromatic heterocycles. The number of hydrogen-bond donors (Lipinski definition) is 1. The number of nitrogens with one attached hydrogen (secondary N) is 1. The Morgan fingerprint density at radius 3 is 2.52 bits per heavy atom. The molecule has 5 rings (SSSR count). The molecule has 2 aliphatic rings. The number of hydrogen-bond acceptors (Lipinski definition) is 8. The number of carbonyl (C=O) groups excluding carboxylic acids is 2. The summed E-state index contributed by atoms with van der Waals surface area (Å²) in [6, 6.07) is 6.35. The summed E-state index contributed by atoms with van der Waals surface area (Å²) in [7, 11) is 1.36. The molecule has 1 N–H and O–H groups in total. The van der Waals surface area contributed by atoms with E-state index in [0.29, 0.717) is 48.1 Å². The molecule has 3 aromatic rings. The fourth-order valence-electron chi connectivity index (χ4n) is 5.20. The number of aromatic nitrogens is 3. The van der Waals surface area contributed by atoms with Crippen LogP contribution in [-0.2, 0) is 4.74 Å². The lowest BCUT2D eigenvalue weighted by Crippen LogP contribution is -2.61. The first-order valence-corrected chi connectivity index (χ1v) is 13.6. The lowest BCUT2D eigenvalue weighted by Gasteiger charge is -2.47. The Bertz CT molecular complexity index is 1470. The second kappa shape index (κ2) is 10.6. The van der Waals surface area contributed by atoms with Gasteiger partial charge in [-0.25, -0.2) is 24.1 Å². The molecule has 9 nitrogen and oxygen atoms in total. The van der Waals surface area contributed by atoms with Crippen LogP contribution in [0.1, 0.15) is 70.4 Å². The topological polar surface area (TPSA) is 101 Å². The molecule has 40 heavy (non-hydrogen) atoms. The fraction of sp³-hybridized carbons (Fsp3) is 0.414. The molecule has 11 heteroatoms. The number of pyridine rings is 1. The highest BCUT2D eigenvalue weighted by atomic mass is 35.5. The Balaban J connectivity index is 1.35. The van der Waals surface area contributed by atoms with E-state index in [-0.39, 0.29) is 22.5 Å². The Morgan fingerprint density at radius 2 is 1.90 bits per heavy atom. The van der Waals surface area contributed by atoms with E-state index in [2.05, 4.69) is 20.2 Å². The minimum absolute atomic E-state index is 0.0435. The molecule has 1 aliphatic heterocycles. The van der Waals surface area contributed by atoms with Crippen LogP contribution < -0.4 is 10.2 Å². The molecule has 1 amide bonds. The number of halogens is 2. The number of esters is 1. The van der Waals surface area contributed by atoms with Crippen LogP contribution in [-0.4, -0.2) is 64.0 Å². The van der Waals surface area contributed by atoms with Crippen molar-refractivity contribution in [3.8, 4) is 0 Å². The quantitative estimate of drug-likeness (QED) is 0.394. The molecule has 1 aromatic carbocycles. The van der Waals surface area contributed by atoms with Gasteiger partial charge in [-0.3, -0.25) is 4.79 Å². The second-order valence-corrected chi connectivity index (χ2v) is 11.4. The Hall–Kier alpha value is -3.79. The number of methoxy groups -OCH3 is 1. The minimum atomic E-state index is -0.529. The monoisotopic (exact) mass is 566 g/mol. The van der Waals surface area contributed by atoms with Crippen LogP contribution in [0.4, 0.5) is 21.7 Å². The lowest BCUT2D eigenvalue weighted by molar-refractivity contribution is 0.0505. The predicted molar refractivity (Wildman–Crippen MR) is 151 cm³/mol. The summed E-state index contributed by atoms with van der Waals surface area (Å²) in [5.74, 6) is 0.350. The molecule has 210 valence electrons. The first-order chi connectivity index (χ1) is 19.0. The number of nitrogens with zero attached hydrogens (tertiary/aromatic N) is 5. The zero-order valence-corrected chi connectivity index (χ0v) is 24.0. The van der Waals surface area contributed by atoms with Crippen molar-refractivity contribution in [3.05, 3.63) is 69.5 Å². The molecule has 1 saturated carbocycles. The van der Waals surface area contributed by atoms with E-state index in [9.17, 15) is 14.0 Å². The van der Waals surface area contributed by atoms with Gasteiger partial charge in [-0.1, -0.05) is 11.6 Å². The number of anilines is 3. The number of amides is 1. The van der Waals surface area contributed by atoms with Crippen LogP contribution in [0.2, 0.25) is 5.02 Å². The summed E-state index contributed by atoms with van der Waals surface area (Å²) in [5.41, 5.74) is 2.84. The van der Waals surface area contributed by atoms with Crippen LogP contribution in [0.25, 0.3) is 0 Å². The van der Waals surface area contributed by atoms with E-state index >= 15 is 0 Å². The van der Waals surface area contributed by atoms with E-state index in [1.54, 1.807) is 13.0 Å². The Labute approximate surface area is 237 Å². The zero-order chi connectivity index (χ0) is 28.8. The van der Waals surface area contributed by atoms with Gasteiger partial charge in [0.2, 0.25) is 0 Å². The number of rotatable bonds is 6. The molecular formula is C29H32ClFN6O3. The molecule has 0 atom stereocenters. The fourth-order valence-corrected chi connectivity index (χ4v) is 5.32. The minimum Gasteiger partial charge on any atom is -0.465 e. The van der Waals surface area contributed by atoms with Crippen molar-refractivity contribution in [2.45, 2.75) is 52.0 Å². The maximum atomic E-state index is 14.0. The van der Waals surface area contributed by atoms with E-state index < -0.39 is 17.3 Å². The van der Waals surface area contributed by atoms with Crippen molar-refractivity contribution in [1.82, 2.24) is 19.9 Å². The molecule has 2 fully saturated rings. The summed E-state index contributed by atoms with van der Waals surface area (Å²) in [4.78, 5) is 43.8. The van der Waals surface area contributed by atoms with Crippen LogP contribution in [0.15, 0.2) is 30.5 Å². The second-order valence-electron chi connectivity index (χ2n) is 11.0. The Kier molecular flexibility index (Phi) is 7.39. The van der Waals surface area contributed by atoms with E-state index in [0.717, 1.165) is 24.2 Å². The normalized spacial score (nSPS) is 16.6. The number of piperazine rings is 1. The van der Waals surface area contributed by atoms with E-state index in [1.165, 1.54) is 25.4 Å². The Morgan fingerprint density at radius 1 is 1.15 bits per heavy atom. The molecular weight excluding hydrogens is 535 g/mol. The maximum absolute atomic E-state index is 14.0. The third-order valence-corrected chi connectivity index (χ3v) is 7.72. The van der Waals surface area contributed by atoms with Crippen LogP contribution in [0, 0.1) is 19.7 Å². The van der Waals surface area contributed by atoms with Gasteiger partial charge in [0.1, 0.15) is 17.3 Å². The molecule has 0 radical (unpaired) electrons. The van der Waals surface area contributed by atoms with Crippen LogP contribution >= 0.6 is 11.6 Å². The molecule has 0 spiro atoms. The molecule has 1 saturated heterocycles. The van der Waals surface area contributed by atoms with Gasteiger partial charge in [0.05, 0.1) is 40.8 Å². The third-order valence-electron chi connectivity index (χ3n) is 7.41. The average molecular weight is 567 g/mol. The van der Waals surface area contributed by atoms with Crippen molar-refractivity contribution >= 4 is 40.8 Å². The summed E-state index contributed by atoms with van der Waals surface area (Å²) in [6.45, 7) is 9.28. The predicted octanol–water partition coefficient (Wildman–Crippen LogP) is 5.43. The average Bonchev–Trinajstić information content (AvgIpc) is 3.75. The van der Waals surface area contributed by atoms with Crippen LogP contribution in [0.3, 0.4) is 0 Å². The van der Waals surface area contributed by atoms with Gasteiger partial charge in [0.25, 0.3) is 5.91 Å². The van der Waals surface area contributed by atoms with Gasteiger partial charge in [-0.15, -0.1) is 0 Å². The van der Waals surface area contributed by atoms with Crippen molar-refractivity contribution in [2.75, 3.05) is 37.0 Å². The van der Waals surface area contributed by atoms with Gasteiger partial charge in [-0.2, -0.15) is 0 Å². The highest BCUT2D eigenvalue weighted by Crippen LogP contribution is 2.42. The van der Waals surface area contributed by atoms with Crippen molar-refractivity contribution < 1.29 is 18.7 Å². The number of ether oxygens (including phenoxy) is 1. The summed E-state index contributed by atoms with van der Waals surface area (Å²) < 4.78 is 18.9. The lowest BCUT2D eigenvalue weighted by atomic mass is 9.97. The van der Waals surface area contributed by atoms with Crippen molar-refractivity contribution in [2.24, 2.45) is 0 Å². The van der Waals surface area contributed by atoms with Crippen molar-refractivity contribution in [1.29, 1.82) is 0 Å². The van der Waals surface area contributed by atoms with Gasteiger partial charge in [0, 0.05) is 31.2 Å². The number of aryl methyl sites for hydroxylation is 2. The first-order valence-electron chi connectivity index (χ1n) is 13.2. The van der Waals surface area contributed by atoms with Gasteiger partial charge >= 0.3 is 5.97 Å². The van der Waals surface area contributed by atoms with Gasteiger partial charge in [0.15, 0.2) is 5.82 Å². The number of benzene rings is 1. The summed E-state index contributed by atoms with van der Waals surface area (Å²) in [5, 5.41) is 3.18. The van der Waals surface area contributed by atoms with Crippen LogP contribution in [0.5, 0.6) is 0 Å². The third kappa shape index (κ3) is 5.45. The molecule has 3 heterocycles. The standard InChI is InChI=1S/C29H32ClFN6O3/c1-16-12-23(33-17(2)24(16)28(39)40-5)36-10-11-37(29(3,4)15-36)27(38)22-14-32-26(25(35-22)18-6-7-18)34-19-8-9-20(30)21(31)13-19/h8-9,12-14,18H,6-7,10-11,15H2,1-5H3,(H,32,34). The highest BCUT2D eigenvalue weighted by molar-refractivity contribution is 6.30. The maximum Gasteiger partial charge on any atom is 0.339 e. The molecule has 0 bridgehead atoms. The SMILES string of the molecule is COC(=O)c1c(C)cc(N2CCN(C(=O)c3cnc(Nc4ccc(Cl)c(F)c4)c(C4CC4)n3)C(C)(C)C2)nc1C. The zero-order valence-electron chi connectivity index (χ0n) is 23.2. The largest absolute Gasteiger partial charge is 0.465 e. The van der Waals surface area contributed by atoms with E-state index in [1.807, 2.05) is 31.7 Å². The number of carbonyl (C=O) groups is 2. The summed E-state index contributed by atoms with van der Waals surface area (Å²) >= 11 is 5.81. The van der Waals surface area contributed by atoms with E-state index in [4.69, 9.17) is 21.3 Å².